The number of benzene rings is 1. The molecular formula is C11H17ClN4O3S. The highest BCUT2D eigenvalue weighted by Gasteiger charge is 2.13. The van der Waals surface area contributed by atoms with Gasteiger partial charge in [-0.3, -0.25) is 10.6 Å². The van der Waals surface area contributed by atoms with Crippen molar-refractivity contribution in [3.63, 3.8) is 0 Å². The summed E-state index contributed by atoms with van der Waals surface area (Å²) in [6.07, 6.45) is 0. The minimum Gasteiger partial charge on any atom is -0.351 e. The van der Waals surface area contributed by atoms with Gasteiger partial charge in [0, 0.05) is 18.1 Å². The molecule has 0 bridgehead atoms. The molecule has 5 N–H and O–H groups in total. The number of nitrogens with one attached hydrogen (secondary N) is 3. The third-order valence-electron chi connectivity index (χ3n) is 2.40. The molecule has 0 aromatic heterocycles. The number of nitrogens with two attached hydrogens (primary N) is 1. The zero-order chi connectivity index (χ0) is 15.2. The van der Waals surface area contributed by atoms with Crippen LogP contribution in [-0.2, 0) is 10.0 Å². The van der Waals surface area contributed by atoms with Crippen LogP contribution in [0.5, 0.6) is 0 Å². The first-order valence-corrected chi connectivity index (χ1v) is 7.94. The fourth-order valence-electron chi connectivity index (χ4n) is 1.52. The second-order valence-electron chi connectivity index (χ2n) is 3.91. The summed E-state index contributed by atoms with van der Waals surface area (Å²) in [6.45, 7) is 1.98. The van der Waals surface area contributed by atoms with Crippen molar-refractivity contribution in [2.24, 2.45) is 5.84 Å². The monoisotopic (exact) mass is 320 g/mol. The van der Waals surface area contributed by atoms with Crippen LogP contribution in [0.1, 0.15) is 17.3 Å². The number of hydrogen-bond donors (Lipinski definition) is 4. The Morgan fingerprint density at radius 3 is 2.70 bits per heavy atom. The summed E-state index contributed by atoms with van der Waals surface area (Å²) in [5.74, 6) is 4.65. The molecule has 0 unspecified atom stereocenters. The van der Waals surface area contributed by atoms with Gasteiger partial charge in [-0.05, 0) is 18.2 Å². The number of amides is 1. The molecule has 9 heteroatoms. The van der Waals surface area contributed by atoms with Crippen molar-refractivity contribution in [3.8, 4) is 0 Å². The zero-order valence-electron chi connectivity index (χ0n) is 10.9. The van der Waals surface area contributed by atoms with E-state index < -0.39 is 15.9 Å². The topological polar surface area (TPSA) is 113 Å². The van der Waals surface area contributed by atoms with Crippen molar-refractivity contribution in [1.29, 1.82) is 0 Å². The predicted octanol–water partition coefficient (Wildman–Crippen LogP) is 0.295. The molecule has 7 nitrogen and oxygen atoms in total. The molecule has 0 saturated carbocycles. The number of hydrazine groups is 1. The fourth-order valence-corrected chi connectivity index (χ4v) is 2.64. The summed E-state index contributed by atoms with van der Waals surface area (Å²) in [5, 5.41) is 2.89. The lowest BCUT2D eigenvalue weighted by Gasteiger charge is -2.10. The quantitative estimate of drug-likeness (QED) is 0.426. The summed E-state index contributed by atoms with van der Waals surface area (Å²) in [7, 11) is -3.36. The molecule has 0 radical (unpaired) electrons. The summed E-state index contributed by atoms with van der Waals surface area (Å²) in [6, 6.07) is 4.60. The van der Waals surface area contributed by atoms with Gasteiger partial charge in [-0.25, -0.2) is 13.1 Å². The number of sulfonamides is 1. The van der Waals surface area contributed by atoms with E-state index in [-0.39, 0.29) is 17.9 Å². The number of carbonyl (C=O) groups excluding carboxylic acids is 1. The van der Waals surface area contributed by atoms with E-state index in [0.29, 0.717) is 17.3 Å². The molecule has 20 heavy (non-hydrogen) atoms. The number of anilines is 1. The average Bonchev–Trinajstić information content (AvgIpc) is 2.38. The first-order valence-electron chi connectivity index (χ1n) is 5.91. The van der Waals surface area contributed by atoms with Gasteiger partial charge >= 0.3 is 0 Å². The van der Waals surface area contributed by atoms with Crippen LogP contribution in [0.4, 0.5) is 5.69 Å². The number of carbonyl (C=O) groups is 1. The molecule has 0 spiro atoms. The normalized spacial score (nSPS) is 11.2. The van der Waals surface area contributed by atoms with Gasteiger partial charge in [0.2, 0.25) is 10.0 Å². The molecule has 1 aromatic carbocycles. The highest BCUT2D eigenvalue weighted by molar-refractivity contribution is 7.89. The van der Waals surface area contributed by atoms with Crippen molar-refractivity contribution in [2.75, 3.05) is 24.3 Å². The first-order chi connectivity index (χ1) is 9.39. The molecule has 1 rings (SSSR count). The van der Waals surface area contributed by atoms with Gasteiger partial charge in [-0.1, -0.05) is 18.5 Å². The van der Waals surface area contributed by atoms with Crippen LogP contribution in [0.2, 0.25) is 5.02 Å². The van der Waals surface area contributed by atoms with E-state index in [2.05, 4.69) is 15.5 Å². The Kier molecular flexibility index (Phi) is 6.21. The van der Waals surface area contributed by atoms with Crippen molar-refractivity contribution in [1.82, 2.24) is 10.0 Å². The molecule has 0 heterocycles. The summed E-state index contributed by atoms with van der Waals surface area (Å²) in [4.78, 5) is 11.9. The lowest BCUT2D eigenvalue weighted by atomic mass is 10.1. The van der Waals surface area contributed by atoms with Gasteiger partial charge in [-0.2, -0.15) is 0 Å². The first kappa shape index (κ1) is 16.7. The SMILES string of the molecule is CCNS(=O)(=O)CCNC(=O)c1cc(Cl)ccc1NN. The molecule has 1 aromatic rings. The van der Waals surface area contributed by atoms with Gasteiger partial charge in [0.05, 0.1) is 17.0 Å². The maximum absolute atomic E-state index is 11.9. The molecule has 1 amide bonds. The van der Waals surface area contributed by atoms with Crippen LogP contribution in [0.3, 0.4) is 0 Å². The van der Waals surface area contributed by atoms with Gasteiger partial charge in [-0.15, -0.1) is 0 Å². The third-order valence-corrected chi connectivity index (χ3v) is 4.11. The van der Waals surface area contributed by atoms with E-state index in [1.54, 1.807) is 19.1 Å². The zero-order valence-corrected chi connectivity index (χ0v) is 12.5. The van der Waals surface area contributed by atoms with Gasteiger partial charge < -0.3 is 10.7 Å². The lowest BCUT2D eigenvalue weighted by Crippen LogP contribution is -2.34. The molecule has 0 aliphatic carbocycles. The minimum atomic E-state index is -3.36. The van der Waals surface area contributed by atoms with E-state index >= 15 is 0 Å². The number of nitrogen functional groups attached to an aromatic ring is 1. The fraction of sp³-hybridized carbons (Fsp3) is 0.364. The summed E-state index contributed by atoms with van der Waals surface area (Å²) in [5.41, 5.74) is 3.04. The predicted molar refractivity (Wildman–Crippen MR) is 79.1 cm³/mol. The van der Waals surface area contributed by atoms with Gasteiger partial charge in [0.25, 0.3) is 5.91 Å². The summed E-state index contributed by atoms with van der Waals surface area (Å²) >= 11 is 5.81. The maximum atomic E-state index is 11.9. The van der Waals surface area contributed by atoms with E-state index in [4.69, 9.17) is 17.4 Å². The Bertz CT molecular complexity index is 577. The van der Waals surface area contributed by atoms with E-state index in [9.17, 15) is 13.2 Å². The van der Waals surface area contributed by atoms with Crippen molar-refractivity contribution < 1.29 is 13.2 Å². The molecule has 0 saturated heterocycles. The molecule has 0 atom stereocenters. The number of halogens is 1. The molecule has 0 aliphatic rings. The second-order valence-corrected chi connectivity index (χ2v) is 6.27. The van der Waals surface area contributed by atoms with Crippen molar-refractivity contribution in [2.45, 2.75) is 6.92 Å². The standard InChI is InChI=1S/C11H17ClN4O3S/c1-2-15-20(18,19)6-5-14-11(17)9-7-8(12)3-4-10(9)16-13/h3-4,7,15-16H,2,5-6,13H2,1H3,(H,14,17). The highest BCUT2D eigenvalue weighted by Crippen LogP contribution is 2.19. The molecular weight excluding hydrogens is 304 g/mol. The van der Waals surface area contributed by atoms with Crippen molar-refractivity contribution >= 4 is 33.2 Å². The van der Waals surface area contributed by atoms with Crippen LogP contribution in [-0.4, -0.2) is 33.2 Å². The maximum Gasteiger partial charge on any atom is 0.253 e. The lowest BCUT2D eigenvalue weighted by molar-refractivity contribution is 0.0957. The Morgan fingerprint density at radius 1 is 1.40 bits per heavy atom. The van der Waals surface area contributed by atoms with Gasteiger partial charge in [0.1, 0.15) is 0 Å². The Hall–Kier alpha value is -1.35. The molecule has 112 valence electrons. The average molecular weight is 321 g/mol. The van der Waals surface area contributed by atoms with E-state index in [1.165, 1.54) is 6.07 Å². The highest BCUT2D eigenvalue weighted by atomic mass is 35.5. The third kappa shape index (κ3) is 4.97. The van der Waals surface area contributed by atoms with Gasteiger partial charge in [0.15, 0.2) is 0 Å². The van der Waals surface area contributed by atoms with Crippen molar-refractivity contribution in [3.05, 3.63) is 28.8 Å². The van der Waals surface area contributed by atoms with Crippen LogP contribution in [0, 0.1) is 0 Å². The Labute approximate surface area is 122 Å². The van der Waals surface area contributed by atoms with Crippen LogP contribution in [0.15, 0.2) is 18.2 Å². The Balaban J connectivity index is 2.66. The summed E-state index contributed by atoms with van der Waals surface area (Å²) < 4.78 is 25.2. The Morgan fingerprint density at radius 2 is 2.10 bits per heavy atom. The largest absolute Gasteiger partial charge is 0.351 e. The molecule has 0 fully saturated rings. The van der Waals surface area contributed by atoms with Crippen LogP contribution >= 0.6 is 11.6 Å². The molecule has 0 aliphatic heterocycles. The smallest absolute Gasteiger partial charge is 0.253 e. The van der Waals surface area contributed by atoms with Crippen LogP contribution in [0.25, 0.3) is 0 Å². The second kappa shape index (κ2) is 7.44. The minimum absolute atomic E-state index is 0.00923. The van der Waals surface area contributed by atoms with E-state index in [0.717, 1.165) is 0 Å². The van der Waals surface area contributed by atoms with Crippen LogP contribution < -0.4 is 21.3 Å². The number of hydrogen-bond acceptors (Lipinski definition) is 5. The number of rotatable bonds is 7. The van der Waals surface area contributed by atoms with E-state index in [1.807, 2.05) is 0 Å².